The molecule has 1 amide bonds. The van der Waals surface area contributed by atoms with Crippen LogP contribution in [0.5, 0.6) is 17.2 Å². The Morgan fingerprint density at radius 1 is 0.973 bits per heavy atom. The van der Waals surface area contributed by atoms with E-state index in [4.69, 9.17) is 14.2 Å². The maximum atomic E-state index is 13.5. The fraction of sp³-hybridized carbons (Fsp3) is 0.379. The highest BCUT2D eigenvalue weighted by Gasteiger charge is 2.33. The molecule has 0 aliphatic heterocycles. The second-order valence-corrected chi connectivity index (χ2v) is 11.5. The monoisotopic (exact) mass is 570 g/mol. The molecule has 1 fully saturated rings. The number of rotatable bonds is 7. The average molecular weight is 571 g/mol. The summed E-state index contributed by atoms with van der Waals surface area (Å²) in [7, 11) is 0. The number of carbonyl (C=O) groups is 1. The minimum Gasteiger partial charge on any atom is -0.490 e. The maximum Gasteiger partial charge on any atom is 0.407 e. The fourth-order valence-electron chi connectivity index (χ4n) is 4.11. The molecule has 0 bridgehead atoms. The normalized spacial score (nSPS) is 17.5. The van der Waals surface area contributed by atoms with Crippen molar-refractivity contribution in [3.05, 3.63) is 82.3 Å². The molecule has 37 heavy (non-hydrogen) atoms. The molecule has 196 valence electrons. The van der Waals surface area contributed by atoms with E-state index >= 15 is 0 Å². The molecule has 0 radical (unpaired) electrons. The Morgan fingerprint density at radius 2 is 1.54 bits per heavy atom. The lowest BCUT2D eigenvalue weighted by molar-refractivity contribution is 0.0363. The largest absolute Gasteiger partial charge is 0.490 e. The first-order valence-corrected chi connectivity index (χ1v) is 13.0. The summed E-state index contributed by atoms with van der Waals surface area (Å²) in [5.41, 5.74) is 1.49. The molecule has 1 aliphatic rings. The zero-order chi connectivity index (χ0) is 26.8. The van der Waals surface area contributed by atoms with Gasteiger partial charge in [-0.05, 0) is 72.1 Å². The molecule has 6 nitrogen and oxygen atoms in total. The summed E-state index contributed by atoms with van der Waals surface area (Å²) in [6, 6.07) is 17.2. The highest BCUT2D eigenvalue weighted by Crippen LogP contribution is 2.35. The van der Waals surface area contributed by atoms with Crippen molar-refractivity contribution in [3.8, 4) is 17.2 Å². The Morgan fingerprint density at radius 3 is 2.11 bits per heavy atom. The van der Waals surface area contributed by atoms with Gasteiger partial charge >= 0.3 is 6.09 Å². The molecular formula is C29H32BrFN2O4. The van der Waals surface area contributed by atoms with Crippen LogP contribution in [-0.4, -0.2) is 28.8 Å². The van der Waals surface area contributed by atoms with E-state index in [1.165, 1.54) is 6.07 Å². The van der Waals surface area contributed by atoms with Crippen molar-refractivity contribution in [1.82, 2.24) is 10.3 Å². The van der Waals surface area contributed by atoms with E-state index in [1.54, 1.807) is 0 Å². The van der Waals surface area contributed by atoms with Gasteiger partial charge in [-0.15, -0.1) is 0 Å². The Bertz CT molecular complexity index is 1230. The molecule has 4 rings (SSSR count). The number of halogens is 2. The SMILES string of the molecule is CC(C)(C)OC(=O)N[C@H]1C[C@H](Oc2ccc(C(C)(C)c3ccc(Oc4cc(F)cnc4Br)cc3)cc2)C1. The van der Waals surface area contributed by atoms with Crippen LogP contribution in [0.3, 0.4) is 0 Å². The first-order chi connectivity index (χ1) is 17.4. The predicted molar refractivity (Wildman–Crippen MR) is 144 cm³/mol. The second kappa shape index (κ2) is 10.7. The van der Waals surface area contributed by atoms with Crippen LogP contribution in [-0.2, 0) is 10.2 Å². The molecule has 0 spiro atoms. The Hall–Kier alpha value is -3.13. The number of nitrogens with zero attached hydrogens (tertiary/aromatic N) is 1. The third kappa shape index (κ3) is 7.01. The zero-order valence-corrected chi connectivity index (χ0v) is 23.3. The van der Waals surface area contributed by atoms with Crippen molar-refractivity contribution in [2.75, 3.05) is 0 Å². The quantitative estimate of drug-likeness (QED) is 0.297. The standard InChI is InChI=1S/C29H32BrFN2O4/c1-28(2,3)37-27(34)33-21-15-24(16-21)35-22-10-6-18(7-11-22)29(4,5)19-8-12-23(13-9-19)36-25-14-20(31)17-32-26(25)30/h6-14,17,21,24H,15-16H2,1-5H3,(H,33,34)/t21-,24-. The van der Waals surface area contributed by atoms with Crippen LogP contribution in [0.2, 0.25) is 0 Å². The van der Waals surface area contributed by atoms with Crippen molar-refractivity contribution in [1.29, 1.82) is 0 Å². The van der Waals surface area contributed by atoms with Crippen LogP contribution in [0.4, 0.5) is 9.18 Å². The summed E-state index contributed by atoms with van der Waals surface area (Å²) in [5, 5.41) is 2.89. The first kappa shape index (κ1) is 26.9. The highest BCUT2D eigenvalue weighted by atomic mass is 79.9. The van der Waals surface area contributed by atoms with Crippen LogP contribution >= 0.6 is 15.9 Å². The van der Waals surface area contributed by atoms with Gasteiger partial charge in [0.05, 0.1) is 6.20 Å². The lowest BCUT2D eigenvalue weighted by Gasteiger charge is -2.36. The van der Waals surface area contributed by atoms with Crippen molar-refractivity contribution in [2.24, 2.45) is 0 Å². The van der Waals surface area contributed by atoms with Crippen LogP contribution in [0.25, 0.3) is 0 Å². The van der Waals surface area contributed by atoms with E-state index in [9.17, 15) is 9.18 Å². The number of hydrogen-bond acceptors (Lipinski definition) is 5. The van der Waals surface area contributed by atoms with Crippen LogP contribution in [0.15, 0.2) is 65.4 Å². The minimum atomic E-state index is -0.507. The van der Waals surface area contributed by atoms with E-state index in [1.807, 2.05) is 57.2 Å². The number of ether oxygens (including phenoxy) is 3. The topological polar surface area (TPSA) is 69.7 Å². The number of pyridine rings is 1. The lowest BCUT2D eigenvalue weighted by atomic mass is 9.78. The molecule has 1 aromatic heterocycles. The summed E-state index contributed by atoms with van der Waals surface area (Å²) in [4.78, 5) is 15.8. The van der Waals surface area contributed by atoms with Gasteiger partial charge in [0, 0.05) is 30.4 Å². The Kier molecular flexibility index (Phi) is 7.78. The van der Waals surface area contributed by atoms with Gasteiger partial charge in [0.1, 0.15) is 33.6 Å². The van der Waals surface area contributed by atoms with E-state index in [0.717, 1.165) is 35.9 Å². The van der Waals surface area contributed by atoms with Crippen molar-refractivity contribution < 1.29 is 23.4 Å². The molecular weight excluding hydrogens is 539 g/mol. The third-order valence-corrected chi connectivity index (χ3v) is 6.87. The van der Waals surface area contributed by atoms with E-state index in [-0.39, 0.29) is 23.7 Å². The summed E-state index contributed by atoms with van der Waals surface area (Å²) < 4.78 is 31.1. The van der Waals surface area contributed by atoms with Gasteiger partial charge in [0.15, 0.2) is 5.75 Å². The summed E-state index contributed by atoms with van der Waals surface area (Å²) in [6.07, 6.45) is 2.32. The minimum absolute atomic E-state index is 0.0691. The van der Waals surface area contributed by atoms with E-state index < -0.39 is 11.4 Å². The number of alkyl carbamates (subject to hydrolysis) is 1. The molecule has 1 N–H and O–H groups in total. The third-order valence-electron chi connectivity index (χ3n) is 6.27. The molecule has 1 saturated carbocycles. The first-order valence-electron chi connectivity index (χ1n) is 12.3. The molecule has 0 saturated heterocycles. The molecule has 3 aromatic rings. The molecule has 0 unspecified atom stereocenters. The van der Waals surface area contributed by atoms with Crippen molar-refractivity contribution in [2.45, 2.75) is 70.6 Å². The predicted octanol–water partition coefficient (Wildman–Crippen LogP) is 7.54. The number of benzene rings is 2. The zero-order valence-electron chi connectivity index (χ0n) is 21.7. The summed E-state index contributed by atoms with van der Waals surface area (Å²) in [6.45, 7) is 9.86. The number of aromatic nitrogens is 1. The molecule has 1 heterocycles. The highest BCUT2D eigenvalue weighted by molar-refractivity contribution is 9.10. The number of nitrogens with one attached hydrogen (secondary N) is 1. The van der Waals surface area contributed by atoms with Gasteiger partial charge < -0.3 is 19.5 Å². The summed E-state index contributed by atoms with van der Waals surface area (Å²) in [5.74, 6) is 1.26. The van der Waals surface area contributed by atoms with Gasteiger partial charge in [-0.1, -0.05) is 38.1 Å². The van der Waals surface area contributed by atoms with Gasteiger partial charge in [0.2, 0.25) is 0 Å². The van der Waals surface area contributed by atoms with Gasteiger partial charge in [-0.25, -0.2) is 14.2 Å². The molecule has 2 aromatic carbocycles. The van der Waals surface area contributed by atoms with Crippen LogP contribution < -0.4 is 14.8 Å². The van der Waals surface area contributed by atoms with Gasteiger partial charge in [-0.2, -0.15) is 0 Å². The van der Waals surface area contributed by atoms with Gasteiger partial charge in [-0.3, -0.25) is 0 Å². The Labute approximate surface area is 225 Å². The van der Waals surface area contributed by atoms with Crippen LogP contribution in [0.1, 0.15) is 58.6 Å². The molecule has 1 aliphatic carbocycles. The van der Waals surface area contributed by atoms with Crippen LogP contribution in [0, 0.1) is 5.82 Å². The summed E-state index contributed by atoms with van der Waals surface area (Å²) >= 11 is 3.28. The van der Waals surface area contributed by atoms with Crippen molar-refractivity contribution >= 4 is 22.0 Å². The average Bonchev–Trinajstić information content (AvgIpc) is 2.79. The van der Waals surface area contributed by atoms with Gasteiger partial charge in [0.25, 0.3) is 0 Å². The number of hydrogen-bond donors (Lipinski definition) is 1. The number of carbonyl (C=O) groups excluding carboxylic acids is 1. The lowest BCUT2D eigenvalue weighted by Crippen LogP contribution is -2.50. The fourth-order valence-corrected chi connectivity index (χ4v) is 4.40. The Balaban J connectivity index is 1.32. The second-order valence-electron chi connectivity index (χ2n) is 10.8. The van der Waals surface area contributed by atoms with Crippen molar-refractivity contribution in [3.63, 3.8) is 0 Å². The number of amides is 1. The smallest absolute Gasteiger partial charge is 0.407 e. The van der Waals surface area contributed by atoms with E-state index in [0.29, 0.717) is 16.1 Å². The molecule has 0 atom stereocenters. The van der Waals surface area contributed by atoms with E-state index in [2.05, 4.69) is 52.2 Å². The maximum absolute atomic E-state index is 13.5. The molecule has 8 heteroatoms.